The number of piperazine rings is 1. The van der Waals surface area contributed by atoms with Crippen LogP contribution < -0.4 is 10.2 Å². The summed E-state index contributed by atoms with van der Waals surface area (Å²) in [6.07, 6.45) is -1.46. The number of halogens is 4. The Labute approximate surface area is 209 Å². The summed E-state index contributed by atoms with van der Waals surface area (Å²) < 4.78 is 45.2. The first kappa shape index (κ1) is 25.6. The lowest BCUT2D eigenvalue weighted by Crippen LogP contribution is -2.50. The monoisotopic (exact) mass is 509 g/mol. The molecule has 1 amide bonds. The summed E-state index contributed by atoms with van der Waals surface area (Å²) in [7, 11) is 0. The number of carbonyl (C=O) groups is 1. The number of nitrogens with zero attached hydrogens (tertiary/aromatic N) is 2. The van der Waals surface area contributed by atoms with Crippen molar-refractivity contribution in [3.63, 3.8) is 0 Å². The first-order valence-electron chi connectivity index (χ1n) is 12.0. The van der Waals surface area contributed by atoms with Gasteiger partial charge in [0.1, 0.15) is 6.61 Å². The number of rotatable bonds is 6. The summed E-state index contributed by atoms with van der Waals surface area (Å²) in [5.74, 6) is 0.00893. The molecule has 1 aliphatic carbocycles. The third-order valence-corrected chi connectivity index (χ3v) is 7.12. The van der Waals surface area contributed by atoms with Crippen LogP contribution in [0.3, 0.4) is 0 Å². The first-order chi connectivity index (χ1) is 16.7. The highest BCUT2D eigenvalue weighted by Gasteiger charge is 2.33. The standard InChI is InChI=1S/C26H31ClF3N3O2/c1-18-2-7-21(8-3-18)32-12-14-33(15-13-32)25(34)17-35-22-9-4-19(5-10-22)31-20-6-11-24(27)23(16-20)26(28,29)30/h2-3,6-8,11,16,19,22,31H,4-5,9-10,12-15,17H2,1H3. The molecule has 0 bridgehead atoms. The number of alkyl halides is 3. The summed E-state index contributed by atoms with van der Waals surface area (Å²) in [6.45, 7) is 5.08. The minimum absolute atomic E-state index is 0.00893. The SMILES string of the molecule is Cc1ccc(N2CCN(C(=O)COC3CCC(Nc4ccc(Cl)c(C(F)(F)F)c4)CC3)CC2)cc1. The van der Waals surface area contributed by atoms with E-state index in [1.54, 1.807) is 6.07 Å². The summed E-state index contributed by atoms with van der Waals surface area (Å²) in [5.41, 5.74) is 1.98. The van der Waals surface area contributed by atoms with Crippen LogP contribution in [0.4, 0.5) is 24.5 Å². The van der Waals surface area contributed by atoms with E-state index in [0.717, 1.165) is 44.8 Å². The highest BCUT2D eigenvalue weighted by Crippen LogP contribution is 2.36. The number of hydrogen-bond donors (Lipinski definition) is 1. The molecule has 1 heterocycles. The zero-order valence-electron chi connectivity index (χ0n) is 19.8. The minimum Gasteiger partial charge on any atom is -0.382 e. The van der Waals surface area contributed by atoms with Crippen LogP contribution in [0.1, 0.15) is 36.8 Å². The van der Waals surface area contributed by atoms with Gasteiger partial charge < -0.3 is 19.9 Å². The third kappa shape index (κ3) is 6.82. The topological polar surface area (TPSA) is 44.8 Å². The molecule has 0 atom stereocenters. The normalized spacial score (nSPS) is 21.2. The summed E-state index contributed by atoms with van der Waals surface area (Å²) in [5, 5.41) is 2.88. The van der Waals surface area contributed by atoms with Crippen molar-refractivity contribution in [3.05, 3.63) is 58.6 Å². The molecule has 0 spiro atoms. The molecule has 35 heavy (non-hydrogen) atoms. The zero-order valence-corrected chi connectivity index (χ0v) is 20.5. The van der Waals surface area contributed by atoms with Crippen molar-refractivity contribution < 1.29 is 22.7 Å². The molecule has 0 radical (unpaired) electrons. The lowest BCUT2D eigenvalue weighted by atomic mass is 9.92. The smallest absolute Gasteiger partial charge is 0.382 e. The van der Waals surface area contributed by atoms with Crippen molar-refractivity contribution >= 4 is 28.9 Å². The molecule has 190 valence electrons. The van der Waals surface area contributed by atoms with Crippen molar-refractivity contribution in [2.24, 2.45) is 0 Å². The molecule has 2 aromatic carbocycles. The largest absolute Gasteiger partial charge is 0.417 e. The maximum atomic E-state index is 13.1. The van der Waals surface area contributed by atoms with E-state index in [0.29, 0.717) is 18.8 Å². The number of carbonyl (C=O) groups excluding carboxylic acids is 1. The number of benzene rings is 2. The molecule has 9 heteroatoms. The van der Waals surface area contributed by atoms with Crippen LogP contribution in [0.5, 0.6) is 0 Å². The molecule has 1 N–H and O–H groups in total. The highest BCUT2D eigenvalue weighted by atomic mass is 35.5. The Morgan fingerprint density at radius 2 is 1.69 bits per heavy atom. The molecule has 2 aliphatic rings. The average Bonchev–Trinajstić information content (AvgIpc) is 2.84. The van der Waals surface area contributed by atoms with Gasteiger partial charge in [-0.2, -0.15) is 13.2 Å². The Bertz CT molecular complexity index is 1000. The lowest BCUT2D eigenvalue weighted by Gasteiger charge is -2.36. The van der Waals surface area contributed by atoms with E-state index in [9.17, 15) is 18.0 Å². The van der Waals surface area contributed by atoms with E-state index in [-0.39, 0.29) is 29.7 Å². The predicted molar refractivity (Wildman–Crippen MR) is 132 cm³/mol. The fourth-order valence-corrected chi connectivity index (χ4v) is 4.92. The average molecular weight is 510 g/mol. The zero-order chi connectivity index (χ0) is 25.0. The van der Waals surface area contributed by atoms with E-state index < -0.39 is 11.7 Å². The van der Waals surface area contributed by atoms with Gasteiger partial charge in [0.25, 0.3) is 0 Å². The molecule has 2 aromatic rings. The number of nitrogens with one attached hydrogen (secondary N) is 1. The summed E-state index contributed by atoms with van der Waals surface area (Å²) in [6, 6.07) is 12.4. The van der Waals surface area contributed by atoms with Crippen molar-refractivity contribution in [1.82, 2.24) is 4.90 Å². The second-order valence-corrected chi connectivity index (χ2v) is 9.73. The Morgan fingerprint density at radius 3 is 2.31 bits per heavy atom. The van der Waals surface area contributed by atoms with Gasteiger partial charge in [-0.1, -0.05) is 29.3 Å². The Hall–Kier alpha value is -2.45. The molecule has 1 saturated carbocycles. The summed E-state index contributed by atoms with van der Waals surface area (Å²) in [4.78, 5) is 16.8. The van der Waals surface area contributed by atoms with Crippen LogP contribution in [0.2, 0.25) is 5.02 Å². The molecule has 0 unspecified atom stereocenters. The number of hydrogen-bond acceptors (Lipinski definition) is 4. The van der Waals surface area contributed by atoms with Crippen LogP contribution in [0.25, 0.3) is 0 Å². The van der Waals surface area contributed by atoms with Crippen molar-refractivity contribution in [3.8, 4) is 0 Å². The fraction of sp³-hybridized carbons (Fsp3) is 0.500. The lowest BCUT2D eigenvalue weighted by molar-refractivity contribution is -0.139. The Balaban J connectivity index is 1.17. The fourth-order valence-electron chi connectivity index (χ4n) is 4.69. The Morgan fingerprint density at radius 1 is 1.03 bits per heavy atom. The molecular weight excluding hydrogens is 479 g/mol. The second kappa shape index (κ2) is 11.1. The molecule has 4 rings (SSSR count). The van der Waals surface area contributed by atoms with Gasteiger partial charge in [0.2, 0.25) is 5.91 Å². The van der Waals surface area contributed by atoms with Gasteiger partial charge in [0, 0.05) is 43.6 Å². The van der Waals surface area contributed by atoms with E-state index >= 15 is 0 Å². The third-order valence-electron chi connectivity index (χ3n) is 6.79. The molecule has 1 saturated heterocycles. The number of anilines is 2. The molecule has 0 aromatic heterocycles. The van der Waals surface area contributed by atoms with Crippen LogP contribution in [-0.4, -0.2) is 55.7 Å². The quantitative estimate of drug-likeness (QED) is 0.538. The molecule has 2 fully saturated rings. The molecule has 5 nitrogen and oxygen atoms in total. The first-order valence-corrected chi connectivity index (χ1v) is 12.4. The molecular formula is C26H31ClF3N3O2. The van der Waals surface area contributed by atoms with Crippen LogP contribution in [0.15, 0.2) is 42.5 Å². The van der Waals surface area contributed by atoms with Gasteiger partial charge in [-0.05, 0) is 62.9 Å². The van der Waals surface area contributed by atoms with Gasteiger partial charge in [-0.15, -0.1) is 0 Å². The number of amides is 1. The van der Waals surface area contributed by atoms with E-state index in [1.165, 1.54) is 17.3 Å². The van der Waals surface area contributed by atoms with Gasteiger partial charge in [-0.3, -0.25) is 4.79 Å². The van der Waals surface area contributed by atoms with E-state index in [4.69, 9.17) is 16.3 Å². The van der Waals surface area contributed by atoms with Gasteiger partial charge >= 0.3 is 6.18 Å². The Kier molecular flexibility index (Phi) is 8.12. The minimum atomic E-state index is -4.49. The summed E-state index contributed by atoms with van der Waals surface area (Å²) >= 11 is 5.70. The number of ether oxygens (including phenoxy) is 1. The van der Waals surface area contributed by atoms with Gasteiger partial charge in [0.15, 0.2) is 0 Å². The maximum absolute atomic E-state index is 13.1. The second-order valence-electron chi connectivity index (χ2n) is 9.32. The highest BCUT2D eigenvalue weighted by molar-refractivity contribution is 6.31. The van der Waals surface area contributed by atoms with Crippen molar-refractivity contribution in [2.45, 2.75) is 50.9 Å². The number of aryl methyl sites for hydroxylation is 1. The maximum Gasteiger partial charge on any atom is 0.417 e. The van der Waals surface area contributed by atoms with E-state index in [2.05, 4.69) is 41.4 Å². The predicted octanol–water partition coefficient (Wildman–Crippen LogP) is 5.76. The van der Waals surface area contributed by atoms with Gasteiger partial charge in [-0.25, -0.2) is 0 Å². The van der Waals surface area contributed by atoms with Crippen molar-refractivity contribution in [2.75, 3.05) is 43.0 Å². The van der Waals surface area contributed by atoms with E-state index in [1.807, 2.05) is 4.90 Å². The van der Waals surface area contributed by atoms with Crippen molar-refractivity contribution in [1.29, 1.82) is 0 Å². The van der Waals surface area contributed by atoms with Crippen LogP contribution in [-0.2, 0) is 15.7 Å². The molecule has 1 aliphatic heterocycles. The van der Waals surface area contributed by atoms with Crippen LogP contribution in [0, 0.1) is 6.92 Å². The van der Waals surface area contributed by atoms with Crippen LogP contribution >= 0.6 is 11.6 Å². The van der Waals surface area contributed by atoms with Gasteiger partial charge in [0.05, 0.1) is 16.7 Å².